The third kappa shape index (κ3) is 6.53. The Bertz CT molecular complexity index is 1400. The third-order valence-electron chi connectivity index (χ3n) is 4.70. The zero-order chi connectivity index (χ0) is 25.1. The van der Waals surface area contributed by atoms with E-state index in [0.717, 1.165) is 16.8 Å². The van der Waals surface area contributed by atoms with E-state index in [4.69, 9.17) is 11.6 Å². The van der Waals surface area contributed by atoms with Crippen LogP contribution in [0.3, 0.4) is 0 Å². The molecule has 0 fully saturated rings. The molecule has 0 radical (unpaired) electrons. The molecule has 1 amide bonds. The number of anilines is 1. The van der Waals surface area contributed by atoms with Crippen molar-refractivity contribution in [1.29, 1.82) is 0 Å². The Morgan fingerprint density at radius 3 is 2.24 bits per heavy atom. The van der Waals surface area contributed by atoms with E-state index >= 15 is 0 Å². The van der Waals surface area contributed by atoms with Gasteiger partial charge in [-0.25, -0.2) is 16.8 Å². The van der Waals surface area contributed by atoms with Gasteiger partial charge in [0.1, 0.15) is 5.01 Å². The van der Waals surface area contributed by atoms with Crippen LogP contribution in [0.5, 0.6) is 0 Å². The summed E-state index contributed by atoms with van der Waals surface area (Å²) in [6, 6.07) is 10.2. The summed E-state index contributed by atoms with van der Waals surface area (Å²) in [4.78, 5) is 12.5. The predicted molar refractivity (Wildman–Crippen MR) is 132 cm³/mol. The van der Waals surface area contributed by atoms with Crippen molar-refractivity contribution < 1.29 is 21.6 Å². The number of aromatic nitrogens is 2. The first-order valence-electron chi connectivity index (χ1n) is 10.1. The van der Waals surface area contributed by atoms with Crippen LogP contribution in [0.2, 0.25) is 5.02 Å². The topological polar surface area (TPSA) is 135 Å². The third-order valence-corrected chi connectivity index (χ3v) is 8.75. The van der Waals surface area contributed by atoms with E-state index in [1.165, 1.54) is 41.7 Å². The van der Waals surface area contributed by atoms with Gasteiger partial charge in [0.05, 0.1) is 20.4 Å². The fraction of sp³-hybridized carbons (Fsp3) is 0.286. The van der Waals surface area contributed by atoms with Crippen LogP contribution in [0.4, 0.5) is 5.13 Å². The molecule has 34 heavy (non-hydrogen) atoms. The number of carbonyl (C=O) groups excluding carboxylic acids is 1. The van der Waals surface area contributed by atoms with E-state index in [9.17, 15) is 21.6 Å². The van der Waals surface area contributed by atoms with E-state index in [1.54, 1.807) is 12.1 Å². The molecular formula is C21H23ClN4O5S3. The summed E-state index contributed by atoms with van der Waals surface area (Å²) in [6.45, 7) is 4.17. The molecule has 0 bridgehead atoms. The van der Waals surface area contributed by atoms with Gasteiger partial charge in [0.2, 0.25) is 5.13 Å². The highest BCUT2D eigenvalue weighted by Gasteiger charge is 2.18. The van der Waals surface area contributed by atoms with Crippen molar-refractivity contribution in [2.45, 2.75) is 36.0 Å². The standard InChI is InChI=1S/C21H23ClN4O5S3/c1-13(2)20-24-25-21(32-20)26-34(30,31)15-6-4-14(5-7-15)10-11-23-19(27)17-9-8-16(12-18(17)22)33(3,28)29/h4-9,12-13H,10-11H2,1-3H3,(H,23,27)(H,25,26). The number of halogens is 1. The number of sulfonamides is 1. The number of hydrogen-bond acceptors (Lipinski definition) is 8. The van der Waals surface area contributed by atoms with E-state index in [1.807, 2.05) is 13.8 Å². The molecule has 0 aliphatic carbocycles. The van der Waals surface area contributed by atoms with Gasteiger partial charge in [-0.2, -0.15) is 0 Å². The summed E-state index contributed by atoms with van der Waals surface area (Å²) in [5.41, 5.74) is 0.981. The molecule has 182 valence electrons. The highest BCUT2D eigenvalue weighted by Crippen LogP contribution is 2.25. The summed E-state index contributed by atoms with van der Waals surface area (Å²) in [5, 5.41) is 11.5. The van der Waals surface area contributed by atoms with Crippen molar-refractivity contribution in [3.8, 4) is 0 Å². The van der Waals surface area contributed by atoms with Gasteiger partial charge in [-0.1, -0.05) is 48.9 Å². The molecule has 0 spiro atoms. The van der Waals surface area contributed by atoms with Crippen molar-refractivity contribution >= 4 is 53.8 Å². The Kier molecular flexibility index (Phi) is 7.96. The Morgan fingerprint density at radius 1 is 1.03 bits per heavy atom. The molecule has 0 saturated carbocycles. The lowest BCUT2D eigenvalue weighted by Gasteiger charge is -2.09. The van der Waals surface area contributed by atoms with Crippen LogP contribution in [-0.2, 0) is 26.3 Å². The second-order valence-electron chi connectivity index (χ2n) is 7.77. The largest absolute Gasteiger partial charge is 0.352 e. The molecular weight excluding hydrogens is 520 g/mol. The van der Waals surface area contributed by atoms with Gasteiger partial charge >= 0.3 is 0 Å². The first-order chi connectivity index (χ1) is 15.9. The zero-order valence-electron chi connectivity index (χ0n) is 18.6. The monoisotopic (exact) mass is 542 g/mol. The first-order valence-corrected chi connectivity index (χ1v) is 14.7. The van der Waals surface area contributed by atoms with Crippen LogP contribution in [0.15, 0.2) is 52.3 Å². The van der Waals surface area contributed by atoms with E-state index in [2.05, 4.69) is 20.2 Å². The summed E-state index contributed by atoms with van der Waals surface area (Å²) >= 11 is 7.25. The highest BCUT2D eigenvalue weighted by atomic mass is 35.5. The minimum absolute atomic E-state index is 0.0325. The van der Waals surface area contributed by atoms with Crippen LogP contribution in [0.1, 0.15) is 40.7 Å². The predicted octanol–water partition coefficient (Wildman–Crippen LogP) is 3.49. The molecule has 1 heterocycles. The van der Waals surface area contributed by atoms with Crippen LogP contribution in [0, 0.1) is 0 Å². The van der Waals surface area contributed by atoms with Gasteiger partial charge in [-0.3, -0.25) is 9.52 Å². The maximum atomic E-state index is 12.6. The SMILES string of the molecule is CC(C)c1nnc(NS(=O)(=O)c2ccc(CCNC(=O)c3ccc(S(C)(=O)=O)cc3Cl)cc2)s1. The number of rotatable bonds is 9. The lowest BCUT2D eigenvalue weighted by molar-refractivity contribution is 0.0954. The zero-order valence-corrected chi connectivity index (χ0v) is 21.8. The first kappa shape index (κ1) is 26.1. The molecule has 2 aromatic carbocycles. The number of nitrogens with zero attached hydrogens (tertiary/aromatic N) is 2. The molecule has 9 nitrogen and oxygen atoms in total. The summed E-state index contributed by atoms with van der Waals surface area (Å²) in [5.74, 6) is -0.287. The number of carbonyl (C=O) groups is 1. The summed E-state index contributed by atoms with van der Waals surface area (Å²) in [7, 11) is -7.23. The average molecular weight is 543 g/mol. The Labute approximate surface area is 207 Å². The van der Waals surface area contributed by atoms with Crippen molar-refractivity contribution in [3.05, 3.63) is 63.6 Å². The van der Waals surface area contributed by atoms with Crippen LogP contribution in [-0.4, -0.2) is 45.7 Å². The van der Waals surface area contributed by atoms with E-state index in [0.29, 0.717) is 6.42 Å². The second kappa shape index (κ2) is 10.4. The highest BCUT2D eigenvalue weighted by molar-refractivity contribution is 7.93. The summed E-state index contributed by atoms with van der Waals surface area (Å²) in [6.07, 6.45) is 1.51. The lowest BCUT2D eigenvalue weighted by Crippen LogP contribution is -2.26. The molecule has 0 unspecified atom stereocenters. The lowest BCUT2D eigenvalue weighted by atomic mass is 10.1. The maximum absolute atomic E-state index is 12.6. The van der Waals surface area contributed by atoms with Crippen molar-refractivity contribution in [3.63, 3.8) is 0 Å². The number of nitrogens with one attached hydrogen (secondary N) is 2. The number of sulfone groups is 1. The Balaban J connectivity index is 1.58. The fourth-order valence-corrected chi connectivity index (χ4v) is 5.80. The molecule has 0 atom stereocenters. The minimum Gasteiger partial charge on any atom is -0.352 e. The van der Waals surface area contributed by atoms with Gasteiger partial charge in [0, 0.05) is 18.7 Å². The number of amides is 1. The second-order valence-corrected chi connectivity index (χ2v) is 12.9. The van der Waals surface area contributed by atoms with E-state index < -0.39 is 25.8 Å². The van der Waals surface area contributed by atoms with Crippen molar-refractivity contribution in [2.75, 3.05) is 17.5 Å². The molecule has 0 aliphatic rings. The van der Waals surface area contributed by atoms with Gasteiger partial charge < -0.3 is 5.32 Å². The molecule has 0 aliphatic heterocycles. The van der Waals surface area contributed by atoms with Gasteiger partial charge in [0.25, 0.3) is 15.9 Å². The van der Waals surface area contributed by atoms with E-state index in [-0.39, 0.29) is 38.0 Å². The molecule has 1 aromatic heterocycles. The molecule has 2 N–H and O–H groups in total. The maximum Gasteiger partial charge on any atom is 0.263 e. The molecule has 3 aromatic rings. The van der Waals surface area contributed by atoms with Crippen LogP contribution in [0.25, 0.3) is 0 Å². The Hall–Kier alpha value is -2.54. The number of hydrogen-bond donors (Lipinski definition) is 2. The molecule has 3 rings (SSSR count). The Morgan fingerprint density at radius 2 is 1.68 bits per heavy atom. The molecule has 13 heteroatoms. The van der Waals surface area contributed by atoms with Gasteiger partial charge in [0.15, 0.2) is 9.84 Å². The minimum atomic E-state index is -3.80. The fourth-order valence-electron chi connectivity index (χ4n) is 2.84. The summed E-state index contributed by atoms with van der Waals surface area (Å²) < 4.78 is 50.8. The quantitative estimate of drug-likeness (QED) is 0.422. The van der Waals surface area contributed by atoms with Crippen molar-refractivity contribution in [2.24, 2.45) is 0 Å². The van der Waals surface area contributed by atoms with Crippen LogP contribution >= 0.6 is 22.9 Å². The average Bonchev–Trinajstić information content (AvgIpc) is 3.21. The van der Waals surface area contributed by atoms with Gasteiger partial charge in [-0.15, -0.1) is 10.2 Å². The number of benzene rings is 2. The smallest absolute Gasteiger partial charge is 0.263 e. The normalized spacial score (nSPS) is 12.0. The van der Waals surface area contributed by atoms with Crippen LogP contribution < -0.4 is 10.0 Å². The van der Waals surface area contributed by atoms with Crippen molar-refractivity contribution in [1.82, 2.24) is 15.5 Å². The van der Waals surface area contributed by atoms with Gasteiger partial charge in [-0.05, 0) is 42.3 Å². The molecule has 0 saturated heterocycles.